The van der Waals surface area contributed by atoms with Crippen LogP contribution < -0.4 is 21.3 Å². The van der Waals surface area contributed by atoms with Gasteiger partial charge in [-0.25, -0.2) is 13.8 Å². The largest absolute Gasteiger partial charge is 0.489 e. The Hall–Kier alpha value is -4.66. The van der Waals surface area contributed by atoms with E-state index in [0.29, 0.717) is 52.4 Å². The zero-order valence-corrected chi connectivity index (χ0v) is 30.2. The van der Waals surface area contributed by atoms with Gasteiger partial charge in [-0.1, -0.05) is 41.7 Å². The van der Waals surface area contributed by atoms with Gasteiger partial charge >= 0.3 is 5.69 Å². The van der Waals surface area contributed by atoms with Gasteiger partial charge in [-0.2, -0.15) is 10.2 Å². The second-order valence-corrected chi connectivity index (χ2v) is 14.7. The Labute approximate surface area is 298 Å². The number of aryl methyl sites for hydroxylation is 1. The maximum Gasteiger partial charge on any atom is 0.333 e. The molecule has 0 bridgehead atoms. The van der Waals surface area contributed by atoms with Crippen molar-refractivity contribution in [2.24, 2.45) is 0 Å². The molecule has 3 heterocycles. The molecule has 6 rings (SSSR count). The van der Waals surface area contributed by atoms with Crippen molar-refractivity contribution >= 4 is 27.5 Å². The van der Waals surface area contributed by atoms with E-state index in [1.54, 1.807) is 26.8 Å². The minimum Gasteiger partial charge on any atom is -0.489 e. The van der Waals surface area contributed by atoms with Gasteiger partial charge in [-0.3, -0.25) is 14.2 Å². The van der Waals surface area contributed by atoms with Crippen LogP contribution in [-0.4, -0.2) is 53.4 Å². The standard InChI is InChI=1S/C37H43FN6O6S/c1-22(2)41-35(47)37(4,5)43-32(46)31-23(3)33(44-39-17-18-40-44)51-34(31)42(36(43)48)20-30(50-27-14-12-26(45)13-15-27)28-19-25(38)11-16-29(28)49-21-24-9-7-6-8-10-24/h6-11,16-19,22,26-27,30,45H,12-15,20-21H2,1-5H3,(H,41,47)/t26-,27+,30-/m0/s1. The number of hydrogen-bond donors (Lipinski definition) is 2. The summed E-state index contributed by atoms with van der Waals surface area (Å²) in [5.41, 5.74) is -1.12. The fourth-order valence-corrected chi connectivity index (χ4v) is 7.69. The quantitative estimate of drug-likeness (QED) is 0.180. The lowest BCUT2D eigenvalue weighted by molar-refractivity contribution is -0.129. The number of carbonyl (C=O) groups is 1. The topological polar surface area (TPSA) is 142 Å². The highest BCUT2D eigenvalue weighted by molar-refractivity contribution is 7.21. The van der Waals surface area contributed by atoms with Crippen molar-refractivity contribution in [2.75, 3.05) is 0 Å². The van der Waals surface area contributed by atoms with Crippen molar-refractivity contribution in [3.8, 4) is 10.8 Å². The Morgan fingerprint density at radius 2 is 1.76 bits per heavy atom. The molecule has 14 heteroatoms. The summed E-state index contributed by atoms with van der Waals surface area (Å²) in [6.45, 7) is 8.48. The number of ether oxygens (including phenoxy) is 2. The van der Waals surface area contributed by atoms with E-state index in [1.807, 2.05) is 30.3 Å². The first kappa shape index (κ1) is 36.1. The summed E-state index contributed by atoms with van der Waals surface area (Å²) < 4.78 is 30.5. The maximum absolute atomic E-state index is 15.1. The van der Waals surface area contributed by atoms with Crippen molar-refractivity contribution < 1.29 is 23.8 Å². The fourth-order valence-electron chi connectivity index (χ4n) is 6.47. The number of carbonyl (C=O) groups excluding carboxylic acids is 1. The van der Waals surface area contributed by atoms with Crippen LogP contribution in [0.3, 0.4) is 0 Å². The number of fused-ring (bicyclic) bond motifs is 1. The molecule has 3 aromatic heterocycles. The molecule has 0 saturated heterocycles. The number of hydrogen-bond acceptors (Lipinski definition) is 9. The Balaban J connectivity index is 1.54. The molecule has 51 heavy (non-hydrogen) atoms. The van der Waals surface area contributed by atoms with Crippen molar-refractivity contribution in [1.29, 1.82) is 0 Å². The molecule has 270 valence electrons. The van der Waals surface area contributed by atoms with Gasteiger partial charge in [0.05, 0.1) is 36.5 Å². The molecule has 1 atom stereocenters. The smallest absolute Gasteiger partial charge is 0.333 e. The second-order valence-electron chi connectivity index (χ2n) is 13.8. The summed E-state index contributed by atoms with van der Waals surface area (Å²) in [5, 5.41) is 22.4. The van der Waals surface area contributed by atoms with Crippen molar-refractivity contribution in [1.82, 2.24) is 29.4 Å². The number of aliphatic hydroxyl groups is 1. The maximum atomic E-state index is 15.1. The summed E-state index contributed by atoms with van der Waals surface area (Å²) in [6, 6.07) is 13.5. The lowest BCUT2D eigenvalue weighted by Gasteiger charge is -2.32. The molecule has 1 fully saturated rings. The zero-order chi connectivity index (χ0) is 36.4. The number of benzene rings is 2. The average Bonchev–Trinajstić information content (AvgIpc) is 3.75. The molecule has 0 aliphatic heterocycles. The molecule has 2 aromatic carbocycles. The summed E-state index contributed by atoms with van der Waals surface area (Å²) in [6.07, 6.45) is 3.56. The Morgan fingerprint density at radius 3 is 2.43 bits per heavy atom. The molecule has 5 aromatic rings. The Morgan fingerprint density at radius 1 is 1.08 bits per heavy atom. The van der Waals surface area contributed by atoms with E-state index in [-0.39, 0.29) is 30.7 Å². The first-order chi connectivity index (χ1) is 24.3. The summed E-state index contributed by atoms with van der Waals surface area (Å²) >= 11 is 1.17. The van der Waals surface area contributed by atoms with Crippen LogP contribution in [0.4, 0.5) is 4.39 Å². The molecule has 2 N–H and O–H groups in total. The van der Waals surface area contributed by atoms with Gasteiger partial charge in [0, 0.05) is 17.2 Å². The predicted molar refractivity (Wildman–Crippen MR) is 192 cm³/mol. The van der Waals surface area contributed by atoms with Gasteiger partial charge in [-0.05, 0) is 84.1 Å². The Bertz CT molecular complexity index is 2120. The summed E-state index contributed by atoms with van der Waals surface area (Å²) in [7, 11) is 0. The first-order valence-electron chi connectivity index (χ1n) is 17.1. The van der Waals surface area contributed by atoms with E-state index >= 15 is 4.39 Å². The van der Waals surface area contributed by atoms with Crippen LogP contribution in [0.1, 0.15) is 76.2 Å². The molecular weight excluding hydrogens is 676 g/mol. The van der Waals surface area contributed by atoms with Gasteiger partial charge in [0.15, 0.2) is 0 Å². The highest BCUT2D eigenvalue weighted by Crippen LogP contribution is 2.37. The monoisotopic (exact) mass is 718 g/mol. The minimum atomic E-state index is -1.59. The van der Waals surface area contributed by atoms with Gasteiger partial charge in [0.2, 0.25) is 5.91 Å². The molecule has 1 aliphatic carbocycles. The lowest BCUT2D eigenvalue weighted by Crippen LogP contribution is -2.56. The molecule has 0 unspecified atom stereocenters. The van der Waals surface area contributed by atoms with Crippen LogP contribution in [0.2, 0.25) is 0 Å². The van der Waals surface area contributed by atoms with E-state index in [9.17, 15) is 19.5 Å². The predicted octanol–water partition coefficient (Wildman–Crippen LogP) is 5.15. The van der Waals surface area contributed by atoms with Crippen LogP contribution in [0, 0.1) is 12.7 Å². The number of nitrogens with zero attached hydrogens (tertiary/aromatic N) is 5. The molecule has 0 radical (unpaired) electrons. The van der Waals surface area contributed by atoms with E-state index < -0.39 is 40.7 Å². The third-order valence-electron chi connectivity index (χ3n) is 9.23. The van der Waals surface area contributed by atoms with Crippen LogP contribution in [0.15, 0.2) is 70.5 Å². The van der Waals surface area contributed by atoms with Crippen molar-refractivity contribution in [2.45, 2.75) is 103 Å². The van der Waals surface area contributed by atoms with Gasteiger partial charge in [0.1, 0.15) is 39.6 Å². The average molecular weight is 719 g/mol. The van der Waals surface area contributed by atoms with E-state index in [1.165, 1.54) is 59.1 Å². The van der Waals surface area contributed by atoms with Crippen LogP contribution in [0.25, 0.3) is 15.2 Å². The van der Waals surface area contributed by atoms with E-state index in [4.69, 9.17) is 9.47 Å². The molecular formula is C37H43FN6O6S. The number of aliphatic hydroxyl groups excluding tert-OH is 1. The number of halogens is 1. The van der Waals surface area contributed by atoms with E-state index in [2.05, 4.69) is 15.5 Å². The number of rotatable bonds is 12. The normalized spacial score (nSPS) is 17.2. The number of nitrogens with one attached hydrogen (secondary N) is 1. The molecule has 1 aliphatic rings. The highest BCUT2D eigenvalue weighted by atomic mass is 32.1. The number of thiophene rings is 1. The summed E-state index contributed by atoms with van der Waals surface area (Å²) in [4.78, 5) is 44.4. The zero-order valence-electron chi connectivity index (χ0n) is 29.3. The van der Waals surface area contributed by atoms with Crippen LogP contribution >= 0.6 is 11.3 Å². The third kappa shape index (κ3) is 7.53. The van der Waals surface area contributed by atoms with Gasteiger partial charge in [0.25, 0.3) is 5.56 Å². The molecule has 12 nitrogen and oxygen atoms in total. The summed E-state index contributed by atoms with van der Waals surface area (Å²) in [5.74, 6) is -0.642. The highest BCUT2D eigenvalue weighted by Gasteiger charge is 2.37. The van der Waals surface area contributed by atoms with Gasteiger partial charge < -0.3 is 19.9 Å². The van der Waals surface area contributed by atoms with Crippen LogP contribution in [0.5, 0.6) is 5.75 Å². The molecule has 0 spiro atoms. The van der Waals surface area contributed by atoms with Crippen LogP contribution in [-0.2, 0) is 28.2 Å². The van der Waals surface area contributed by atoms with E-state index in [0.717, 1.165) is 10.1 Å². The third-order valence-corrected chi connectivity index (χ3v) is 10.5. The minimum absolute atomic E-state index is 0.145. The first-order valence-corrected chi connectivity index (χ1v) is 17.9. The van der Waals surface area contributed by atoms with Crippen molar-refractivity contribution in [3.63, 3.8) is 0 Å². The Kier molecular flexibility index (Phi) is 10.6. The number of aromatic nitrogens is 5. The molecule has 1 saturated carbocycles. The fraction of sp³-hybridized carbons (Fsp3) is 0.432. The second kappa shape index (κ2) is 14.9. The number of amides is 1. The SMILES string of the molecule is Cc1c(-n2nccn2)sc2c1c(=O)n(C(C)(C)C(=O)NC(C)C)c(=O)n2C[C@H](O[C@H]1CC[C@@H](O)CC1)c1cc(F)ccc1OCc1ccccc1. The molecule has 1 amide bonds. The van der Waals surface area contributed by atoms with Gasteiger partial charge in [-0.15, -0.1) is 4.80 Å². The van der Waals surface area contributed by atoms with Crippen molar-refractivity contribution in [3.05, 3.63) is 104 Å². The lowest BCUT2D eigenvalue weighted by atomic mass is 9.94.